The zero-order valence-electron chi connectivity index (χ0n) is 18.2. The van der Waals surface area contributed by atoms with E-state index in [1.165, 1.54) is 17.0 Å². The molecule has 5 rings (SSSR count). The van der Waals surface area contributed by atoms with Crippen LogP contribution in [0.3, 0.4) is 0 Å². The SMILES string of the molecule is O=C1c2ccccc2C(=O)N1CCN1CCN(C(c2ccc(F)cc2)c2ccccn2)CC1. The first-order valence-electron chi connectivity index (χ1n) is 11.2. The van der Waals surface area contributed by atoms with Crippen molar-refractivity contribution in [3.8, 4) is 0 Å². The number of fused-ring (bicyclic) bond motifs is 1. The summed E-state index contributed by atoms with van der Waals surface area (Å²) in [6, 6.07) is 19.4. The van der Waals surface area contributed by atoms with E-state index in [2.05, 4.69) is 14.8 Å². The molecule has 168 valence electrons. The number of halogens is 1. The molecular weight excluding hydrogens is 419 g/mol. The molecule has 0 radical (unpaired) electrons. The minimum absolute atomic E-state index is 0.0508. The monoisotopic (exact) mass is 444 g/mol. The minimum atomic E-state index is -0.253. The van der Waals surface area contributed by atoms with Crippen LogP contribution in [-0.4, -0.2) is 70.8 Å². The number of rotatable bonds is 6. The maximum atomic E-state index is 13.5. The van der Waals surface area contributed by atoms with Crippen LogP contribution in [-0.2, 0) is 0 Å². The third kappa shape index (κ3) is 4.29. The lowest BCUT2D eigenvalue weighted by molar-refractivity contribution is 0.0602. The van der Waals surface area contributed by atoms with Crippen molar-refractivity contribution in [3.63, 3.8) is 0 Å². The number of carbonyl (C=O) groups excluding carboxylic acids is 2. The van der Waals surface area contributed by atoms with Gasteiger partial charge in [-0.25, -0.2) is 4.39 Å². The topological polar surface area (TPSA) is 56.8 Å². The van der Waals surface area contributed by atoms with E-state index in [1.807, 2.05) is 30.3 Å². The van der Waals surface area contributed by atoms with Gasteiger partial charge >= 0.3 is 0 Å². The Morgan fingerprint density at radius 3 is 2.03 bits per heavy atom. The molecule has 0 spiro atoms. The molecule has 2 aromatic carbocycles. The highest BCUT2D eigenvalue weighted by Crippen LogP contribution is 2.28. The van der Waals surface area contributed by atoms with Gasteiger partial charge in [0.1, 0.15) is 5.82 Å². The molecule has 6 nitrogen and oxygen atoms in total. The second kappa shape index (κ2) is 9.21. The molecule has 0 N–H and O–H groups in total. The van der Waals surface area contributed by atoms with Crippen molar-refractivity contribution in [2.75, 3.05) is 39.3 Å². The van der Waals surface area contributed by atoms with E-state index in [4.69, 9.17) is 0 Å². The number of benzene rings is 2. The van der Waals surface area contributed by atoms with Crippen LogP contribution in [0.15, 0.2) is 72.9 Å². The molecular formula is C26H25FN4O2. The lowest BCUT2D eigenvalue weighted by Gasteiger charge is -2.39. The third-order valence-corrected chi connectivity index (χ3v) is 6.44. The van der Waals surface area contributed by atoms with Crippen LogP contribution in [0.2, 0.25) is 0 Å². The van der Waals surface area contributed by atoms with Gasteiger partial charge in [0, 0.05) is 45.5 Å². The lowest BCUT2D eigenvalue weighted by atomic mass is 10.0. The van der Waals surface area contributed by atoms with Crippen LogP contribution in [0.4, 0.5) is 4.39 Å². The van der Waals surface area contributed by atoms with Gasteiger partial charge in [0.2, 0.25) is 0 Å². The first-order chi connectivity index (χ1) is 16.1. The Morgan fingerprint density at radius 1 is 0.788 bits per heavy atom. The summed E-state index contributed by atoms with van der Waals surface area (Å²) in [5.41, 5.74) is 2.92. The van der Waals surface area contributed by atoms with E-state index in [0.717, 1.165) is 37.4 Å². The van der Waals surface area contributed by atoms with E-state index in [9.17, 15) is 14.0 Å². The molecule has 2 aliphatic rings. The Hall–Kier alpha value is -3.42. The predicted molar refractivity (Wildman–Crippen MR) is 122 cm³/mol. The molecule has 0 bridgehead atoms. The van der Waals surface area contributed by atoms with Crippen molar-refractivity contribution >= 4 is 11.8 Å². The molecule has 1 unspecified atom stereocenters. The van der Waals surface area contributed by atoms with Gasteiger partial charge in [-0.05, 0) is 42.0 Å². The molecule has 2 aliphatic heterocycles. The van der Waals surface area contributed by atoms with Crippen LogP contribution in [0.5, 0.6) is 0 Å². The van der Waals surface area contributed by atoms with Gasteiger partial charge in [0.25, 0.3) is 11.8 Å². The summed E-state index contributed by atoms with van der Waals surface area (Å²) in [7, 11) is 0. The number of pyridine rings is 1. The van der Waals surface area contributed by atoms with E-state index < -0.39 is 0 Å². The molecule has 1 aromatic heterocycles. The largest absolute Gasteiger partial charge is 0.299 e. The predicted octanol–water partition coefficient (Wildman–Crippen LogP) is 3.22. The molecule has 1 saturated heterocycles. The van der Waals surface area contributed by atoms with Crippen molar-refractivity contribution in [2.45, 2.75) is 6.04 Å². The van der Waals surface area contributed by atoms with E-state index >= 15 is 0 Å². The summed E-state index contributed by atoms with van der Waals surface area (Å²) in [5.74, 6) is -0.668. The van der Waals surface area contributed by atoms with Crippen LogP contribution in [0.1, 0.15) is 38.0 Å². The Kier molecular flexibility index (Phi) is 5.98. The Bertz CT molecular complexity index is 1110. The Balaban J connectivity index is 1.23. The number of nitrogens with zero attached hydrogens (tertiary/aromatic N) is 4. The van der Waals surface area contributed by atoms with Crippen molar-refractivity contribution < 1.29 is 14.0 Å². The molecule has 3 heterocycles. The average molecular weight is 445 g/mol. The molecule has 1 fully saturated rings. The molecule has 7 heteroatoms. The maximum absolute atomic E-state index is 13.5. The van der Waals surface area contributed by atoms with Crippen molar-refractivity contribution in [3.05, 3.63) is 101 Å². The summed E-state index contributed by atoms with van der Waals surface area (Å²) in [4.78, 5) is 35.8. The zero-order valence-corrected chi connectivity index (χ0v) is 18.2. The number of carbonyl (C=O) groups is 2. The maximum Gasteiger partial charge on any atom is 0.261 e. The molecule has 3 aromatic rings. The highest BCUT2D eigenvalue weighted by atomic mass is 19.1. The molecule has 1 atom stereocenters. The van der Waals surface area contributed by atoms with Gasteiger partial charge in [-0.15, -0.1) is 0 Å². The van der Waals surface area contributed by atoms with Crippen LogP contribution in [0, 0.1) is 5.82 Å². The lowest BCUT2D eigenvalue weighted by Crippen LogP contribution is -2.50. The number of piperazine rings is 1. The standard InChI is InChI=1S/C26H25FN4O2/c27-20-10-8-19(9-11-20)24(23-7-3-4-12-28-23)30-16-13-29(14-17-30)15-18-31-25(32)21-5-1-2-6-22(21)26(31)33/h1-12,24H,13-18H2. The molecule has 0 aliphatic carbocycles. The minimum Gasteiger partial charge on any atom is -0.299 e. The number of amides is 2. The van der Waals surface area contributed by atoms with E-state index in [1.54, 1.807) is 30.5 Å². The fourth-order valence-corrected chi connectivity index (χ4v) is 4.68. The highest BCUT2D eigenvalue weighted by molar-refractivity contribution is 6.21. The summed E-state index contributed by atoms with van der Waals surface area (Å²) in [5, 5.41) is 0. The Labute approximate surface area is 192 Å². The van der Waals surface area contributed by atoms with E-state index in [-0.39, 0.29) is 23.7 Å². The van der Waals surface area contributed by atoms with Crippen molar-refractivity contribution in [1.82, 2.24) is 19.7 Å². The van der Waals surface area contributed by atoms with Gasteiger partial charge in [-0.1, -0.05) is 30.3 Å². The Morgan fingerprint density at radius 2 is 1.42 bits per heavy atom. The van der Waals surface area contributed by atoms with Crippen LogP contribution in [0.25, 0.3) is 0 Å². The molecule has 0 saturated carbocycles. The normalized spacial score (nSPS) is 17.9. The zero-order chi connectivity index (χ0) is 22.8. The van der Waals surface area contributed by atoms with Gasteiger partial charge < -0.3 is 0 Å². The summed E-state index contributed by atoms with van der Waals surface area (Å²) < 4.78 is 13.5. The van der Waals surface area contributed by atoms with Gasteiger partial charge in [0.05, 0.1) is 22.9 Å². The second-order valence-electron chi connectivity index (χ2n) is 8.39. The van der Waals surface area contributed by atoms with Crippen LogP contribution >= 0.6 is 0 Å². The first-order valence-corrected chi connectivity index (χ1v) is 11.2. The van der Waals surface area contributed by atoms with E-state index in [0.29, 0.717) is 24.2 Å². The van der Waals surface area contributed by atoms with Crippen molar-refractivity contribution in [2.24, 2.45) is 0 Å². The fourth-order valence-electron chi connectivity index (χ4n) is 4.68. The molecule has 33 heavy (non-hydrogen) atoms. The van der Waals surface area contributed by atoms with Crippen LogP contribution < -0.4 is 0 Å². The quantitative estimate of drug-likeness (QED) is 0.547. The van der Waals surface area contributed by atoms with Gasteiger partial charge in [-0.2, -0.15) is 0 Å². The number of hydrogen-bond donors (Lipinski definition) is 0. The smallest absolute Gasteiger partial charge is 0.261 e. The molecule has 2 amide bonds. The van der Waals surface area contributed by atoms with Gasteiger partial charge in [-0.3, -0.25) is 29.3 Å². The van der Waals surface area contributed by atoms with Gasteiger partial charge in [0.15, 0.2) is 0 Å². The number of hydrogen-bond acceptors (Lipinski definition) is 5. The highest BCUT2D eigenvalue weighted by Gasteiger charge is 2.35. The third-order valence-electron chi connectivity index (χ3n) is 6.44. The summed E-state index contributed by atoms with van der Waals surface area (Å²) >= 11 is 0. The summed E-state index contributed by atoms with van der Waals surface area (Å²) in [6.07, 6.45) is 1.78. The number of imide groups is 1. The number of aromatic nitrogens is 1. The fraction of sp³-hybridized carbons (Fsp3) is 0.269. The second-order valence-corrected chi connectivity index (χ2v) is 8.39. The first kappa shape index (κ1) is 21.4. The summed E-state index contributed by atoms with van der Waals surface area (Å²) in [6.45, 7) is 4.26. The average Bonchev–Trinajstić information content (AvgIpc) is 3.10. The van der Waals surface area contributed by atoms with Crippen molar-refractivity contribution in [1.29, 1.82) is 0 Å².